The summed E-state index contributed by atoms with van der Waals surface area (Å²) in [7, 11) is 0. The van der Waals surface area contributed by atoms with Gasteiger partial charge in [0.05, 0.1) is 0 Å². The van der Waals surface area contributed by atoms with Crippen molar-refractivity contribution in [3.8, 4) is 0 Å². The lowest BCUT2D eigenvalue weighted by atomic mass is 10.0. The first-order valence-electron chi connectivity index (χ1n) is 8.60. The van der Waals surface area contributed by atoms with Gasteiger partial charge in [-0.1, -0.05) is 25.1 Å². The Kier molecular flexibility index (Phi) is 4.81. The third kappa shape index (κ3) is 3.41. The molecule has 1 aromatic carbocycles. The fourth-order valence-electron chi connectivity index (χ4n) is 3.84. The van der Waals surface area contributed by atoms with Crippen LogP contribution in [0, 0.1) is 0 Å². The van der Waals surface area contributed by atoms with Gasteiger partial charge in [0.2, 0.25) is 0 Å². The zero-order valence-electron chi connectivity index (χ0n) is 13.3. The van der Waals surface area contributed by atoms with Crippen LogP contribution in [0.2, 0.25) is 0 Å². The number of fused-ring (bicyclic) bond motifs is 1. The van der Waals surface area contributed by atoms with E-state index in [1.807, 2.05) is 0 Å². The van der Waals surface area contributed by atoms with Gasteiger partial charge in [0, 0.05) is 37.4 Å². The normalized spacial score (nSPS) is 24.7. The van der Waals surface area contributed by atoms with Gasteiger partial charge in [-0.15, -0.1) is 0 Å². The molecule has 0 saturated carbocycles. The first kappa shape index (κ1) is 14.9. The molecule has 2 unspecified atom stereocenters. The van der Waals surface area contributed by atoms with Gasteiger partial charge in [-0.3, -0.25) is 4.90 Å². The highest BCUT2D eigenvalue weighted by molar-refractivity contribution is 5.54. The minimum Gasteiger partial charge on any atom is -0.370 e. The number of anilines is 1. The summed E-state index contributed by atoms with van der Waals surface area (Å²) in [5.74, 6) is 0. The van der Waals surface area contributed by atoms with E-state index in [9.17, 15) is 0 Å². The smallest absolute Gasteiger partial charge is 0.0399 e. The highest BCUT2D eigenvalue weighted by Crippen LogP contribution is 2.28. The number of nitrogens with two attached hydrogens (primary N) is 1. The Labute approximate surface area is 129 Å². The standard InChI is InChI=1S/C18H29N3/c1-2-16(19)13-15-7-3-4-9-18(15)21-12-6-11-20-10-5-8-17(20)14-21/h3-4,7,9,16-17H,2,5-6,8,10-14,19H2,1H3. The van der Waals surface area contributed by atoms with Crippen LogP contribution in [0.15, 0.2) is 24.3 Å². The minimum atomic E-state index is 0.279. The van der Waals surface area contributed by atoms with Crippen LogP contribution in [-0.4, -0.2) is 43.2 Å². The maximum absolute atomic E-state index is 6.19. The molecule has 0 bridgehead atoms. The van der Waals surface area contributed by atoms with Crippen molar-refractivity contribution in [2.45, 2.75) is 51.1 Å². The quantitative estimate of drug-likeness (QED) is 0.924. The number of para-hydroxylation sites is 1. The van der Waals surface area contributed by atoms with Crippen molar-refractivity contribution in [1.82, 2.24) is 4.90 Å². The SMILES string of the molecule is CCC(N)Cc1ccccc1N1CCCN2CCCC2C1. The van der Waals surface area contributed by atoms with E-state index in [1.54, 1.807) is 0 Å². The number of rotatable bonds is 4. The molecule has 2 fully saturated rings. The van der Waals surface area contributed by atoms with Crippen LogP contribution in [-0.2, 0) is 6.42 Å². The molecule has 0 aliphatic carbocycles. The van der Waals surface area contributed by atoms with Gasteiger partial charge in [0.15, 0.2) is 0 Å². The molecule has 2 heterocycles. The van der Waals surface area contributed by atoms with Crippen LogP contribution in [0.5, 0.6) is 0 Å². The molecule has 2 aliphatic rings. The molecule has 2 N–H and O–H groups in total. The summed E-state index contributed by atoms with van der Waals surface area (Å²) >= 11 is 0. The lowest BCUT2D eigenvalue weighted by molar-refractivity contribution is 0.273. The number of hydrogen-bond donors (Lipinski definition) is 1. The molecule has 0 radical (unpaired) electrons. The molecule has 3 rings (SSSR count). The average molecular weight is 287 g/mol. The zero-order chi connectivity index (χ0) is 14.7. The molecule has 0 amide bonds. The van der Waals surface area contributed by atoms with E-state index in [1.165, 1.54) is 56.7 Å². The Balaban J connectivity index is 1.78. The Hall–Kier alpha value is -1.06. The molecule has 0 aromatic heterocycles. The number of benzene rings is 1. The van der Waals surface area contributed by atoms with Gasteiger partial charge < -0.3 is 10.6 Å². The summed E-state index contributed by atoms with van der Waals surface area (Å²) in [5, 5.41) is 0. The Morgan fingerprint density at radius 1 is 1.19 bits per heavy atom. The van der Waals surface area contributed by atoms with Gasteiger partial charge >= 0.3 is 0 Å². The van der Waals surface area contributed by atoms with Crippen LogP contribution in [0.1, 0.15) is 38.2 Å². The van der Waals surface area contributed by atoms with Gasteiger partial charge in [0.25, 0.3) is 0 Å². The second kappa shape index (κ2) is 6.80. The lowest BCUT2D eigenvalue weighted by Crippen LogP contribution is -2.37. The van der Waals surface area contributed by atoms with E-state index in [2.05, 4.69) is 41.0 Å². The van der Waals surface area contributed by atoms with E-state index >= 15 is 0 Å². The topological polar surface area (TPSA) is 32.5 Å². The van der Waals surface area contributed by atoms with Crippen molar-refractivity contribution in [2.75, 3.05) is 31.1 Å². The minimum absolute atomic E-state index is 0.279. The summed E-state index contributed by atoms with van der Waals surface area (Å²) in [4.78, 5) is 5.31. The van der Waals surface area contributed by atoms with Gasteiger partial charge in [0.1, 0.15) is 0 Å². The predicted octanol–water partition coefficient (Wildman–Crippen LogP) is 2.64. The molecule has 3 heteroatoms. The summed E-state index contributed by atoms with van der Waals surface area (Å²) in [6.45, 7) is 7.14. The van der Waals surface area contributed by atoms with Gasteiger partial charge in [-0.05, 0) is 50.3 Å². The molecule has 2 atom stereocenters. The van der Waals surface area contributed by atoms with Crippen LogP contribution in [0.4, 0.5) is 5.69 Å². The van der Waals surface area contributed by atoms with Crippen molar-refractivity contribution >= 4 is 5.69 Å². The van der Waals surface area contributed by atoms with Gasteiger partial charge in [-0.25, -0.2) is 0 Å². The highest BCUT2D eigenvalue weighted by Gasteiger charge is 2.29. The maximum Gasteiger partial charge on any atom is 0.0399 e. The van der Waals surface area contributed by atoms with Crippen LogP contribution in [0.25, 0.3) is 0 Å². The largest absolute Gasteiger partial charge is 0.370 e. The fraction of sp³-hybridized carbons (Fsp3) is 0.667. The molecular formula is C18H29N3. The van der Waals surface area contributed by atoms with E-state index in [0.29, 0.717) is 0 Å². The van der Waals surface area contributed by atoms with Gasteiger partial charge in [-0.2, -0.15) is 0 Å². The summed E-state index contributed by atoms with van der Waals surface area (Å²) in [6, 6.07) is 9.93. The van der Waals surface area contributed by atoms with Crippen molar-refractivity contribution in [2.24, 2.45) is 5.73 Å². The van der Waals surface area contributed by atoms with Crippen LogP contribution in [0.3, 0.4) is 0 Å². The Bertz CT molecular complexity index is 460. The van der Waals surface area contributed by atoms with Crippen LogP contribution < -0.4 is 10.6 Å². The molecule has 3 nitrogen and oxygen atoms in total. The molecular weight excluding hydrogens is 258 g/mol. The molecule has 2 aliphatic heterocycles. The Morgan fingerprint density at radius 2 is 2.00 bits per heavy atom. The maximum atomic E-state index is 6.19. The van der Waals surface area contributed by atoms with Crippen molar-refractivity contribution in [1.29, 1.82) is 0 Å². The summed E-state index contributed by atoms with van der Waals surface area (Å²) in [5.41, 5.74) is 9.05. The van der Waals surface area contributed by atoms with Crippen molar-refractivity contribution in [3.63, 3.8) is 0 Å². The highest BCUT2D eigenvalue weighted by atomic mass is 15.3. The number of nitrogens with zero attached hydrogens (tertiary/aromatic N) is 2. The molecule has 1 aromatic rings. The van der Waals surface area contributed by atoms with E-state index in [4.69, 9.17) is 5.73 Å². The predicted molar refractivity (Wildman–Crippen MR) is 89.8 cm³/mol. The van der Waals surface area contributed by atoms with E-state index in [-0.39, 0.29) is 6.04 Å². The van der Waals surface area contributed by atoms with Crippen molar-refractivity contribution in [3.05, 3.63) is 29.8 Å². The van der Waals surface area contributed by atoms with E-state index < -0.39 is 0 Å². The third-order valence-corrected chi connectivity index (χ3v) is 5.14. The molecule has 0 spiro atoms. The average Bonchev–Trinajstić information content (AvgIpc) is 2.85. The summed E-state index contributed by atoms with van der Waals surface area (Å²) in [6.07, 6.45) is 6.07. The van der Waals surface area contributed by atoms with Crippen LogP contribution >= 0.6 is 0 Å². The molecule has 116 valence electrons. The zero-order valence-corrected chi connectivity index (χ0v) is 13.3. The summed E-state index contributed by atoms with van der Waals surface area (Å²) < 4.78 is 0. The monoisotopic (exact) mass is 287 g/mol. The molecule has 2 saturated heterocycles. The lowest BCUT2D eigenvalue weighted by Gasteiger charge is -2.29. The third-order valence-electron chi connectivity index (χ3n) is 5.14. The Morgan fingerprint density at radius 3 is 2.86 bits per heavy atom. The first-order chi connectivity index (χ1) is 10.3. The molecule has 21 heavy (non-hydrogen) atoms. The number of hydrogen-bond acceptors (Lipinski definition) is 3. The first-order valence-corrected chi connectivity index (χ1v) is 8.60. The second-order valence-corrected chi connectivity index (χ2v) is 6.63. The van der Waals surface area contributed by atoms with Crippen molar-refractivity contribution < 1.29 is 0 Å². The second-order valence-electron chi connectivity index (χ2n) is 6.63. The fourth-order valence-corrected chi connectivity index (χ4v) is 3.84. The van der Waals surface area contributed by atoms with E-state index in [0.717, 1.165) is 18.9 Å².